The highest BCUT2D eigenvalue weighted by molar-refractivity contribution is 8.00. The van der Waals surface area contributed by atoms with E-state index in [0.29, 0.717) is 10.1 Å². The van der Waals surface area contributed by atoms with Gasteiger partial charge in [0, 0.05) is 19.2 Å². The first-order valence-corrected chi connectivity index (χ1v) is 8.77. The number of aromatic nitrogens is 2. The molecule has 0 spiro atoms. The predicted octanol–water partition coefficient (Wildman–Crippen LogP) is 0.200. The van der Waals surface area contributed by atoms with Crippen molar-refractivity contribution in [2.45, 2.75) is 23.4 Å². The van der Waals surface area contributed by atoms with Gasteiger partial charge < -0.3 is 10.1 Å². The van der Waals surface area contributed by atoms with Crippen LogP contribution in [-0.2, 0) is 27.8 Å². The lowest BCUT2D eigenvalue weighted by Crippen LogP contribution is -2.32. The zero-order valence-corrected chi connectivity index (χ0v) is 14.0. The van der Waals surface area contributed by atoms with Crippen molar-refractivity contribution in [2.24, 2.45) is 7.05 Å². The van der Waals surface area contributed by atoms with Crippen molar-refractivity contribution in [3.8, 4) is 0 Å². The highest BCUT2D eigenvalue weighted by atomic mass is 32.2. The molecular formula is C13H17N3O4S2. The van der Waals surface area contributed by atoms with Crippen molar-refractivity contribution >= 4 is 35.4 Å². The molecule has 0 aromatic carbocycles. The Bertz CT molecular complexity index is 645. The first kappa shape index (κ1) is 16.9. The highest BCUT2D eigenvalue weighted by Crippen LogP contribution is 2.28. The van der Waals surface area contributed by atoms with Crippen LogP contribution < -0.4 is 10.9 Å². The lowest BCUT2D eigenvalue weighted by molar-refractivity contribution is -0.143. The van der Waals surface area contributed by atoms with Gasteiger partial charge in [0.15, 0.2) is 5.16 Å². The Morgan fingerprint density at radius 1 is 1.50 bits per heavy atom. The van der Waals surface area contributed by atoms with Crippen LogP contribution in [0.3, 0.4) is 0 Å². The Labute approximate surface area is 136 Å². The van der Waals surface area contributed by atoms with Crippen LogP contribution in [0.15, 0.2) is 14.8 Å². The van der Waals surface area contributed by atoms with Crippen LogP contribution >= 0.6 is 23.5 Å². The Kier molecular flexibility index (Phi) is 5.90. The summed E-state index contributed by atoms with van der Waals surface area (Å²) in [6.07, 6.45) is 0.776. The van der Waals surface area contributed by atoms with E-state index in [4.69, 9.17) is 4.74 Å². The minimum Gasteiger partial charge on any atom is -0.465 e. The molecule has 7 nitrogen and oxygen atoms in total. The highest BCUT2D eigenvalue weighted by Gasteiger charge is 2.20. The van der Waals surface area contributed by atoms with Crippen molar-refractivity contribution in [3.63, 3.8) is 0 Å². The van der Waals surface area contributed by atoms with Crippen LogP contribution in [0.25, 0.3) is 0 Å². The molecule has 22 heavy (non-hydrogen) atoms. The molecule has 0 fully saturated rings. The lowest BCUT2D eigenvalue weighted by Gasteiger charge is -2.09. The molecule has 1 aliphatic rings. The molecule has 0 atom stereocenters. The third-order valence-corrected chi connectivity index (χ3v) is 5.07. The van der Waals surface area contributed by atoms with Gasteiger partial charge in [-0.2, -0.15) is 0 Å². The topological polar surface area (TPSA) is 90.3 Å². The van der Waals surface area contributed by atoms with Gasteiger partial charge in [-0.15, -0.1) is 11.8 Å². The molecule has 1 aromatic rings. The Balaban J connectivity index is 1.92. The molecule has 0 unspecified atom stereocenters. The second kappa shape index (κ2) is 7.68. The second-order valence-electron chi connectivity index (χ2n) is 4.50. The number of amides is 1. The van der Waals surface area contributed by atoms with E-state index in [1.165, 1.54) is 28.1 Å². The van der Waals surface area contributed by atoms with E-state index in [0.717, 1.165) is 17.9 Å². The molecule has 0 radical (unpaired) electrons. The van der Waals surface area contributed by atoms with E-state index in [1.54, 1.807) is 14.0 Å². The standard InChI is InChI=1S/C13H17N3O4S2/c1-3-20-10(18)6-14-9(17)7-22-13-15-8-4-5-21-11(8)12(19)16(13)2/h3-7H2,1-2H3,(H,14,17). The summed E-state index contributed by atoms with van der Waals surface area (Å²) in [4.78, 5) is 40.1. The summed E-state index contributed by atoms with van der Waals surface area (Å²) in [7, 11) is 1.65. The van der Waals surface area contributed by atoms with Crippen molar-refractivity contribution in [2.75, 3.05) is 24.7 Å². The molecule has 2 rings (SSSR count). The van der Waals surface area contributed by atoms with Crippen LogP contribution in [0.1, 0.15) is 12.6 Å². The van der Waals surface area contributed by atoms with Gasteiger partial charge in [-0.1, -0.05) is 11.8 Å². The Morgan fingerprint density at radius 3 is 3.00 bits per heavy atom. The van der Waals surface area contributed by atoms with Crippen molar-refractivity contribution in [1.29, 1.82) is 0 Å². The van der Waals surface area contributed by atoms with Gasteiger partial charge in [0.2, 0.25) is 5.91 Å². The third-order valence-electron chi connectivity index (χ3n) is 2.93. The van der Waals surface area contributed by atoms with E-state index in [-0.39, 0.29) is 30.4 Å². The van der Waals surface area contributed by atoms with Gasteiger partial charge >= 0.3 is 5.97 Å². The van der Waals surface area contributed by atoms with E-state index in [2.05, 4.69) is 10.3 Å². The molecule has 9 heteroatoms. The van der Waals surface area contributed by atoms with E-state index in [1.807, 2.05) is 0 Å². The number of rotatable bonds is 6. The zero-order valence-electron chi connectivity index (χ0n) is 12.4. The molecule has 1 N–H and O–H groups in total. The summed E-state index contributed by atoms with van der Waals surface area (Å²) in [6.45, 7) is 1.83. The van der Waals surface area contributed by atoms with Crippen LogP contribution in [0.2, 0.25) is 0 Å². The van der Waals surface area contributed by atoms with Crippen molar-refractivity contribution in [3.05, 3.63) is 16.0 Å². The molecule has 0 aliphatic carbocycles. The van der Waals surface area contributed by atoms with Gasteiger partial charge in [-0.3, -0.25) is 19.0 Å². The molecule has 1 amide bonds. The summed E-state index contributed by atoms with van der Waals surface area (Å²) in [5.74, 6) is 0.181. The monoisotopic (exact) mass is 343 g/mol. The number of ether oxygens (including phenoxy) is 1. The maximum atomic E-state index is 12.1. The van der Waals surface area contributed by atoms with E-state index in [9.17, 15) is 14.4 Å². The fourth-order valence-corrected chi connectivity index (χ4v) is 3.75. The fourth-order valence-electron chi connectivity index (χ4n) is 1.86. The van der Waals surface area contributed by atoms with Crippen LogP contribution in [-0.4, -0.2) is 46.1 Å². The molecule has 0 saturated heterocycles. The average Bonchev–Trinajstić information content (AvgIpc) is 2.96. The summed E-state index contributed by atoms with van der Waals surface area (Å²) < 4.78 is 6.18. The van der Waals surface area contributed by atoms with E-state index < -0.39 is 5.97 Å². The lowest BCUT2D eigenvalue weighted by atomic mass is 10.3. The summed E-state index contributed by atoms with van der Waals surface area (Å²) in [5.41, 5.74) is 0.740. The maximum Gasteiger partial charge on any atom is 0.325 e. The fraction of sp³-hybridized carbons (Fsp3) is 0.538. The number of hydrogen-bond donors (Lipinski definition) is 1. The number of carbonyl (C=O) groups excluding carboxylic acids is 2. The number of nitrogens with zero attached hydrogens (tertiary/aromatic N) is 2. The van der Waals surface area contributed by atoms with Crippen LogP contribution in [0.5, 0.6) is 0 Å². The largest absolute Gasteiger partial charge is 0.465 e. The molecule has 1 aliphatic heterocycles. The molecule has 0 bridgehead atoms. The normalized spacial score (nSPS) is 12.8. The van der Waals surface area contributed by atoms with Gasteiger partial charge in [-0.05, 0) is 6.92 Å². The predicted molar refractivity (Wildman–Crippen MR) is 84.3 cm³/mol. The van der Waals surface area contributed by atoms with Crippen molar-refractivity contribution < 1.29 is 14.3 Å². The van der Waals surface area contributed by atoms with E-state index >= 15 is 0 Å². The molecule has 120 valence electrons. The summed E-state index contributed by atoms with van der Waals surface area (Å²) >= 11 is 2.70. The summed E-state index contributed by atoms with van der Waals surface area (Å²) in [5, 5.41) is 2.98. The van der Waals surface area contributed by atoms with Crippen LogP contribution in [0, 0.1) is 0 Å². The average molecular weight is 343 g/mol. The number of carbonyl (C=O) groups is 2. The number of hydrogen-bond acceptors (Lipinski definition) is 7. The quantitative estimate of drug-likeness (QED) is 0.448. The molecule has 1 aromatic heterocycles. The second-order valence-corrected chi connectivity index (χ2v) is 6.55. The summed E-state index contributed by atoms with van der Waals surface area (Å²) in [6, 6.07) is 0. The van der Waals surface area contributed by atoms with Crippen molar-refractivity contribution in [1.82, 2.24) is 14.9 Å². The molecular weight excluding hydrogens is 326 g/mol. The van der Waals surface area contributed by atoms with Gasteiger partial charge in [-0.25, -0.2) is 4.98 Å². The number of thioether (sulfide) groups is 2. The zero-order chi connectivity index (χ0) is 16.1. The Morgan fingerprint density at radius 2 is 2.27 bits per heavy atom. The van der Waals surface area contributed by atoms with Crippen LogP contribution in [0.4, 0.5) is 0 Å². The first-order chi connectivity index (χ1) is 10.5. The van der Waals surface area contributed by atoms with Gasteiger partial charge in [0.1, 0.15) is 6.54 Å². The molecule has 2 heterocycles. The third kappa shape index (κ3) is 4.04. The van der Waals surface area contributed by atoms with Gasteiger partial charge in [0.05, 0.1) is 22.9 Å². The number of fused-ring (bicyclic) bond motifs is 1. The maximum absolute atomic E-state index is 12.1. The van der Waals surface area contributed by atoms with Gasteiger partial charge in [0.25, 0.3) is 5.56 Å². The number of aryl methyl sites for hydroxylation is 1. The Hall–Kier alpha value is -1.48. The minimum absolute atomic E-state index is 0.0677. The number of nitrogens with one attached hydrogen (secondary N) is 1. The molecule has 0 saturated carbocycles. The minimum atomic E-state index is -0.471. The number of esters is 1. The smallest absolute Gasteiger partial charge is 0.325 e. The SMILES string of the molecule is CCOC(=O)CNC(=O)CSc1nc2c(c(=O)n1C)SCC2. The first-order valence-electron chi connectivity index (χ1n) is 6.80.